The van der Waals surface area contributed by atoms with Crippen LogP contribution in [0.3, 0.4) is 0 Å². The second kappa shape index (κ2) is 8.58. The molecule has 0 aliphatic carbocycles. The van der Waals surface area contributed by atoms with Crippen molar-refractivity contribution in [1.29, 1.82) is 0 Å². The van der Waals surface area contributed by atoms with Crippen molar-refractivity contribution in [2.75, 3.05) is 31.2 Å². The Bertz CT molecular complexity index is 750. The zero-order valence-electron chi connectivity index (χ0n) is 18.4. The van der Waals surface area contributed by atoms with Crippen molar-refractivity contribution in [3.05, 3.63) is 29.8 Å². The zero-order valence-corrected chi connectivity index (χ0v) is 18.4. The van der Waals surface area contributed by atoms with E-state index in [1.165, 1.54) is 0 Å². The number of piperidine rings is 2. The van der Waals surface area contributed by atoms with Crippen LogP contribution in [-0.2, 0) is 9.47 Å². The Kier molecular flexibility index (Phi) is 6.05. The molecule has 0 N–H and O–H groups in total. The summed E-state index contributed by atoms with van der Waals surface area (Å²) in [5.74, 6) is 0.192. The molecule has 2 atom stereocenters. The van der Waals surface area contributed by atoms with E-state index in [4.69, 9.17) is 9.47 Å². The van der Waals surface area contributed by atoms with Gasteiger partial charge < -0.3 is 19.3 Å². The Labute approximate surface area is 179 Å². The maximum Gasteiger partial charge on any atom is 0.410 e. The molecule has 6 nitrogen and oxygen atoms in total. The van der Waals surface area contributed by atoms with Crippen LogP contribution in [0.15, 0.2) is 24.3 Å². The second-order valence-electron chi connectivity index (χ2n) is 9.81. The quantitative estimate of drug-likeness (QED) is 0.691. The van der Waals surface area contributed by atoms with Crippen molar-refractivity contribution < 1.29 is 19.1 Å². The standard InChI is InChI=1S/C24H34N2O4/c1-24(2,3)30-23(28)26-20-5-4-6-21(26)16-18(15-20)22(27)17-7-9-19(10-8-17)25-11-13-29-14-12-25/h7-10,18,20-21H,4-6,11-16H2,1-3H3. The van der Waals surface area contributed by atoms with Gasteiger partial charge >= 0.3 is 6.09 Å². The smallest absolute Gasteiger partial charge is 0.410 e. The van der Waals surface area contributed by atoms with E-state index >= 15 is 0 Å². The number of fused-ring (bicyclic) bond motifs is 2. The average Bonchev–Trinajstić information content (AvgIpc) is 2.72. The molecule has 1 aromatic carbocycles. The number of morpholine rings is 1. The maximum absolute atomic E-state index is 13.3. The Hall–Kier alpha value is -2.08. The van der Waals surface area contributed by atoms with Crippen LogP contribution in [0.25, 0.3) is 0 Å². The summed E-state index contributed by atoms with van der Waals surface area (Å²) >= 11 is 0. The number of benzene rings is 1. The van der Waals surface area contributed by atoms with Crippen molar-refractivity contribution in [2.24, 2.45) is 5.92 Å². The number of rotatable bonds is 3. The minimum absolute atomic E-state index is 0.0202. The van der Waals surface area contributed by atoms with Gasteiger partial charge in [0.1, 0.15) is 5.60 Å². The van der Waals surface area contributed by atoms with Crippen molar-refractivity contribution in [2.45, 2.75) is 70.6 Å². The fraction of sp³-hybridized carbons (Fsp3) is 0.667. The number of carbonyl (C=O) groups excluding carboxylic acids is 2. The lowest BCUT2D eigenvalue weighted by Gasteiger charge is -2.48. The number of carbonyl (C=O) groups is 2. The van der Waals surface area contributed by atoms with Crippen molar-refractivity contribution in [3.63, 3.8) is 0 Å². The summed E-state index contributed by atoms with van der Waals surface area (Å²) in [7, 11) is 0. The molecule has 4 rings (SSSR count). The Morgan fingerprint density at radius 3 is 2.17 bits per heavy atom. The van der Waals surface area contributed by atoms with Gasteiger partial charge in [0.15, 0.2) is 5.78 Å². The molecule has 1 amide bonds. The van der Waals surface area contributed by atoms with E-state index in [9.17, 15) is 9.59 Å². The van der Waals surface area contributed by atoms with Gasteiger partial charge in [0.25, 0.3) is 0 Å². The van der Waals surface area contributed by atoms with E-state index in [-0.39, 0.29) is 29.9 Å². The summed E-state index contributed by atoms with van der Waals surface area (Å²) in [5.41, 5.74) is 1.42. The van der Waals surface area contributed by atoms with Crippen LogP contribution in [0.2, 0.25) is 0 Å². The monoisotopic (exact) mass is 414 g/mol. The first-order valence-electron chi connectivity index (χ1n) is 11.3. The molecule has 3 saturated heterocycles. The molecular formula is C24H34N2O4. The summed E-state index contributed by atoms with van der Waals surface area (Å²) < 4.78 is 11.1. The highest BCUT2D eigenvalue weighted by Crippen LogP contribution is 2.39. The molecule has 3 aliphatic heterocycles. The highest BCUT2D eigenvalue weighted by molar-refractivity contribution is 5.98. The third-order valence-corrected chi connectivity index (χ3v) is 6.48. The lowest BCUT2D eigenvalue weighted by Crippen LogP contribution is -2.56. The normalized spacial score (nSPS) is 27.0. The first kappa shape index (κ1) is 21.2. The summed E-state index contributed by atoms with van der Waals surface area (Å²) in [4.78, 5) is 30.2. The van der Waals surface area contributed by atoms with E-state index in [0.29, 0.717) is 0 Å². The van der Waals surface area contributed by atoms with Crippen LogP contribution < -0.4 is 4.90 Å². The summed E-state index contributed by atoms with van der Waals surface area (Å²) in [5, 5.41) is 0. The van der Waals surface area contributed by atoms with Crippen molar-refractivity contribution >= 4 is 17.6 Å². The molecule has 0 spiro atoms. The van der Waals surface area contributed by atoms with Gasteiger partial charge in [-0.3, -0.25) is 4.79 Å². The third kappa shape index (κ3) is 4.64. The Morgan fingerprint density at radius 1 is 1.00 bits per heavy atom. The molecule has 6 heteroatoms. The molecule has 3 heterocycles. The number of amides is 1. The number of hydrogen-bond acceptors (Lipinski definition) is 5. The average molecular weight is 415 g/mol. The molecule has 3 fully saturated rings. The van der Waals surface area contributed by atoms with E-state index in [0.717, 1.165) is 69.7 Å². The number of ether oxygens (including phenoxy) is 2. The topological polar surface area (TPSA) is 59.1 Å². The van der Waals surface area contributed by atoms with Gasteiger partial charge in [0.2, 0.25) is 0 Å². The Balaban J connectivity index is 1.43. The fourth-order valence-electron chi connectivity index (χ4n) is 5.10. The largest absolute Gasteiger partial charge is 0.444 e. The summed E-state index contributed by atoms with van der Waals surface area (Å²) in [6.07, 6.45) is 4.27. The molecular weight excluding hydrogens is 380 g/mol. The highest BCUT2D eigenvalue weighted by atomic mass is 16.6. The molecule has 2 unspecified atom stereocenters. The number of hydrogen-bond donors (Lipinski definition) is 0. The van der Waals surface area contributed by atoms with Gasteiger partial charge in [0, 0.05) is 42.3 Å². The SMILES string of the molecule is CC(C)(C)OC(=O)N1C2CCCC1CC(C(=O)c1ccc(N3CCOCC3)cc1)C2. The number of Topliss-reactive ketones (excluding diaryl/α,β-unsaturated/α-hetero) is 1. The van der Waals surface area contributed by atoms with E-state index in [1.807, 2.05) is 37.8 Å². The van der Waals surface area contributed by atoms with E-state index in [2.05, 4.69) is 17.0 Å². The predicted molar refractivity (Wildman–Crippen MR) is 116 cm³/mol. The van der Waals surface area contributed by atoms with Crippen LogP contribution in [0.4, 0.5) is 10.5 Å². The van der Waals surface area contributed by atoms with Crippen LogP contribution >= 0.6 is 0 Å². The van der Waals surface area contributed by atoms with Gasteiger partial charge in [-0.25, -0.2) is 4.79 Å². The predicted octanol–water partition coefficient (Wildman–Crippen LogP) is 4.27. The number of nitrogens with zero attached hydrogens (tertiary/aromatic N) is 2. The first-order chi connectivity index (χ1) is 14.3. The van der Waals surface area contributed by atoms with E-state index in [1.54, 1.807) is 0 Å². The van der Waals surface area contributed by atoms with E-state index < -0.39 is 5.60 Å². The van der Waals surface area contributed by atoms with Crippen molar-refractivity contribution in [1.82, 2.24) is 4.90 Å². The van der Waals surface area contributed by atoms with Crippen LogP contribution in [0, 0.1) is 5.92 Å². The summed E-state index contributed by atoms with van der Waals surface area (Å²) in [6.45, 7) is 8.98. The lowest BCUT2D eigenvalue weighted by molar-refractivity contribution is -0.0260. The molecule has 0 aromatic heterocycles. The third-order valence-electron chi connectivity index (χ3n) is 6.48. The zero-order chi connectivity index (χ0) is 21.3. The number of ketones is 1. The van der Waals surface area contributed by atoms with Crippen LogP contribution in [0.5, 0.6) is 0 Å². The lowest BCUT2D eigenvalue weighted by atomic mass is 9.76. The molecule has 1 aromatic rings. The van der Waals surface area contributed by atoms with Gasteiger partial charge in [-0.15, -0.1) is 0 Å². The Morgan fingerprint density at radius 2 is 1.60 bits per heavy atom. The molecule has 0 radical (unpaired) electrons. The fourth-order valence-corrected chi connectivity index (χ4v) is 5.10. The molecule has 30 heavy (non-hydrogen) atoms. The molecule has 3 aliphatic rings. The van der Waals surface area contributed by atoms with Gasteiger partial charge in [-0.05, 0) is 77.1 Å². The van der Waals surface area contributed by atoms with Gasteiger partial charge in [0.05, 0.1) is 13.2 Å². The highest BCUT2D eigenvalue weighted by Gasteiger charge is 2.44. The molecule has 2 bridgehead atoms. The first-order valence-corrected chi connectivity index (χ1v) is 11.3. The second-order valence-corrected chi connectivity index (χ2v) is 9.81. The summed E-state index contributed by atoms with van der Waals surface area (Å²) in [6, 6.07) is 8.24. The van der Waals surface area contributed by atoms with Gasteiger partial charge in [-0.2, -0.15) is 0 Å². The maximum atomic E-state index is 13.3. The van der Waals surface area contributed by atoms with Crippen molar-refractivity contribution in [3.8, 4) is 0 Å². The molecule has 0 saturated carbocycles. The minimum atomic E-state index is -0.500. The molecule has 164 valence electrons. The van der Waals surface area contributed by atoms with Gasteiger partial charge in [-0.1, -0.05) is 0 Å². The van der Waals surface area contributed by atoms with Crippen LogP contribution in [0.1, 0.15) is 63.2 Å². The van der Waals surface area contributed by atoms with Crippen LogP contribution in [-0.4, -0.2) is 60.8 Å². The number of anilines is 1. The minimum Gasteiger partial charge on any atom is -0.444 e.